The van der Waals surface area contributed by atoms with Gasteiger partial charge in [0.2, 0.25) is 5.91 Å². The van der Waals surface area contributed by atoms with Crippen LogP contribution >= 0.6 is 11.6 Å². The van der Waals surface area contributed by atoms with Gasteiger partial charge in [0.15, 0.2) is 5.82 Å². The van der Waals surface area contributed by atoms with Gasteiger partial charge in [0, 0.05) is 10.9 Å². The molecule has 104 valence electrons. The van der Waals surface area contributed by atoms with Crippen LogP contribution in [-0.2, 0) is 11.3 Å². The van der Waals surface area contributed by atoms with E-state index >= 15 is 0 Å². The Morgan fingerprint density at radius 3 is 2.85 bits per heavy atom. The summed E-state index contributed by atoms with van der Waals surface area (Å²) >= 11 is 5.86. The molecule has 2 N–H and O–H groups in total. The summed E-state index contributed by atoms with van der Waals surface area (Å²) in [4.78, 5) is 16.2. The summed E-state index contributed by atoms with van der Waals surface area (Å²) in [6, 6.07) is 7.69. The van der Waals surface area contributed by atoms with Gasteiger partial charge in [0.1, 0.15) is 5.82 Å². The van der Waals surface area contributed by atoms with Gasteiger partial charge in [-0.2, -0.15) is 5.10 Å². The molecule has 1 fully saturated rings. The molecule has 0 saturated heterocycles. The zero-order chi connectivity index (χ0) is 14.1. The first-order valence-corrected chi connectivity index (χ1v) is 6.92. The Morgan fingerprint density at radius 2 is 2.20 bits per heavy atom. The average Bonchev–Trinajstić information content (AvgIpc) is 3.13. The zero-order valence-corrected chi connectivity index (χ0v) is 11.8. The molecule has 20 heavy (non-hydrogen) atoms. The standard InChI is InChI=1S/C14H15ClN4O/c1-8-17-13(19-18-8)7-16-14(20)12-6-11(12)9-2-4-10(15)5-3-9/h2-5,11-12H,6-7H2,1H3,(H,16,20)(H,17,18,19)/t11-,12+/m0/s1. The Bertz CT molecular complexity index is 622. The molecule has 2 atom stereocenters. The van der Waals surface area contributed by atoms with E-state index in [0.717, 1.165) is 17.3 Å². The van der Waals surface area contributed by atoms with Crippen LogP contribution in [0.15, 0.2) is 24.3 Å². The van der Waals surface area contributed by atoms with E-state index in [-0.39, 0.29) is 11.8 Å². The van der Waals surface area contributed by atoms with Gasteiger partial charge in [-0.15, -0.1) is 0 Å². The fraction of sp³-hybridized carbons (Fsp3) is 0.357. The van der Waals surface area contributed by atoms with Crippen molar-refractivity contribution in [3.05, 3.63) is 46.5 Å². The zero-order valence-electron chi connectivity index (χ0n) is 11.1. The molecule has 2 aromatic rings. The lowest BCUT2D eigenvalue weighted by molar-refractivity contribution is -0.122. The molecule has 6 heteroatoms. The third kappa shape index (κ3) is 2.82. The molecule has 1 saturated carbocycles. The fourth-order valence-electron chi connectivity index (χ4n) is 2.33. The molecule has 1 aliphatic rings. The van der Waals surface area contributed by atoms with Crippen molar-refractivity contribution in [3.8, 4) is 0 Å². The van der Waals surface area contributed by atoms with Gasteiger partial charge in [0.05, 0.1) is 6.54 Å². The molecule has 0 radical (unpaired) electrons. The van der Waals surface area contributed by atoms with E-state index in [9.17, 15) is 4.79 Å². The van der Waals surface area contributed by atoms with E-state index in [1.165, 1.54) is 5.56 Å². The maximum Gasteiger partial charge on any atom is 0.224 e. The van der Waals surface area contributed by atoms with Gasteiger partial charge < -0.3 is 5.32 Å². The highest BCUT2D eigenvalue weighted by molar-refractivity contribution is 6.30. The number of aromatic amines is 1. The molecule has 3 rings (SSSR count). The first-order valence-electron chi connectivity index (χ1n) is 6.54. The van der Waals surface area contributed by atoms with Crippen molar-refractivity contribution in [2.45, 2.75) is 25.8 Å². The number of rotatable bonds is 4. The summed E-state index contributed by atoms with van der Waals surface area (Å²) in [6.07, 6.45) is 0.889. The van der Waals surface area contributed by atoms with Crippen molar-refractivity contribution in [1.82, 2.24) is 20.5 Å². The Balaban J connectivity index is 1.53. The van der Waals surface area contributed by atoms with E-state index in [2.05, 4.69) is 20.5 Å². The predicted molar refractivity (Wildman–Crippen MR) is 75.3 cm³/mol. The van der Waals surface area contributed by atoms with E-state index < -0.39 is 0 Å². The quantitative estimate of drug-likeness (QED) is 0.907. The molecule has 0 aliphatic heterocycles. The monoisotopic (exact) mass is 290 g/mol. The predicted octanol–water partition coefficient (Wildman–Crippen LogP) is 2.19. The highest BCUT2D eigenvalue weighted by Crippen LogP contribution is 2.47. The van der Waals surface area contributed by atoms with E-state index in [0.29, 0.717) is 18.3 Å². The molecule has 1 heterocycles. The van der Waals surface area contributed by atoms with Gasteiger partial charge >= 0.3 is 0 Å². The summed E-state index contributed by atoms with van der Waals surface area (Å²) in [5.74, 6) is 1.78. The molecule has 1 aromatic heterocycles. The lowest BCUT2D eigenvalue weighted by Crippen LogP contribution is -2.25. The third-order valence-corrected chi connectivity index (χ3v) is 3.74. The maximum absolute atomic E-state index is 12.0. The van der Waals surface area contributed by atoms with E-state index in [1.807, 2.05) is 31.2 Å². The number of aryl methyl sites for hydroxylation is 1. The Hall–Kier alpha value is -1.88. The molecule has 1 amide bonds. The van der Waals surface area contributed by atoms with Crippen molar-refractivity contribution >= 4 is 17.5 Å². The molecule has 0 unspecified atom stereocenters. The molecular formula is C14H15ClN4O. The molecule has 5 nitrogen and oxygen atoms in total. The highest BCUT2D eigenvalue weighted by atomic mass is 35.5. The largest absolute Gasteiger partial charge is 0.348 e. The van der Waals surface area contributed by atoms with Gasteiger partial charge in [-0.25, -0.2) is 4.98 Å². The average molecular weight is 291 g/mol. The van der Waals surface area contributed by atoms with Crippen molar-refractivity contribution in [1.29, 1.82) is 0 Å². The lowest BCUT2D eigenvalue weighted by atomic mass is 10.1. The molecular weight excluding hydrogens is 276 g/mol. The Kier molecular flexibility index (Phi) is 3.44. The number of halogens is 1. The van der Waals surface area contributed by atoms with Crippen LogP contribution in [0.3, 0.4) is 0 Å². The number of nitrogens with zero attached hydrogens (tertiary/aromatic N) is 2. The van der Waals surface area contributed by atoms with Crippen LogP contribution in [0, 0.1) is 12.8 Å². The second-order valence-electron chi connectivity index (χ2n) is 5.06. The number of benzene rings is 1. The number of nitrogens with one attached hydrogen (secondary N) is 2. The van der Waals surface area contributed by atoms with Crippen LogP contribution in [-0.4, -0.2) is 21.1 Å². The van der Waals surface area contributed by atoms with E-state index in [1.54, 1.807) is 0 Å². The van der Waals surface area contributed by atoms with Gasteiger partial charge in [0.25, 0.3) is 0 Å². The van der Waals surface area contributed by atoms with Crippen LogP contribution in [0.25, 0.3) is 0 Å². The minimum absolute atomic E-state index is 0.0521. The van der Waals surface area contributed by atoms with E-state index in [4.69, 9.17) is 11.6 Å². The molecule has 1 aliphatic carbocycles. The second kappa shape index (κ2) is 5.25. The summed E-state index contributed by atoms with van der Waals surface area (Å²) < 4.78 is 0. The van der Waals surface area contributed by atoms with Crippen molar-refractivity contribution in [2.24, 2.45) is 5.92 Å². The fourth-order valence-corrected chi connectivity index (χ4v) is 2.45. The minimum Gasteiger partial charge on any atom is -0.348 e. The topological polar surface area (TPSA) is 70.7 Å². The molecule has 1 aromatic carbocycles. The maximum atomic E-state index is 12.0. The minimum atomic E-state index is 0.0521. The number of hydrogen-bond acceptors (Lipinski definition) is 3. The van der Waals surface area contributed by atoms with Crippen LogP contribution in [0.4, 0.5) is 0 Å². The van der Waals surface area contributed by atoms with Crippen LogP contribution < -0.4 is 5.32 Å². The number of amides is 1. The SMILES string of the molecule is Cc1nc(CNC(=O)[C@@H]2C[C@H]2c2ccc(Cl)cc2)n[nH]1. The van der Waals surface area contributed by atoms with Gasteiger partial charge in [-0.1, -0.05) is 23.7 Å². The first-order chi connectivity index (χ1) is 9.63. The lowest BCUT2D eigenvalue weighted by Gasteiger charge is -2.02. The Labute approximate surface area is 121 Å². The Morgan fingerprint density at radius 1 is 1.45 bits per heavy atom. The number of carbonyl (C=O) groups excluding carboxylic acids is 1. The number of hydrogen-bond donors (Lipinski definition) is 2. The van der Waals surface area contributed by atoms with Crippen LogP contribution in [0.5, 0.6) is 0 Å². The molecule has 0 bridgehead atoms. The van der Waals surface area contributed by atoms with Gasteiger partial charge in [-0.05, 0) is 37.0 Å². The van der Waals surface area contributed by atoms with Gasteiger partial charge in [-0.3, -0.25) is 9.89 Å². The normalized spacial score (nSPS) is 20.7. The second-order valence-corrected chi connectivity index (χ2v) is 5.49. The summed E-state index contributed by atoms with van der Waals surface area (Å²) in [5, 5.41) is 10.3. The summed E-state index contributed by atoms with van der Waals surface area (Å²) in [7, 11) is 0. The third-order valence-electron chi connectivity index (χ3n) is 3.49. The molecule has 0 spiro atoms. The first kappa shape index (κ1) is 13.1. The van der Waals surface area contributed by atoms with Crippen molar-refractivity contribution in [2.75, 3.05) is 0 Å². The van der Waals surface area contributed by atoms with Crippen molar-refractivity contribution in [3.63, 3.8) is 0 Å². The van der Waals surface area contributed by atoms with Crippen molar-refractivity contribution < 1.29 is 4.79 Å². The summed E-state index contributed by atoms with van der Waals surface area (Å²) in [6.45, 7) is 2.20. The van der Waals surface area contributed by atoms with Crippen LogP contribution in [0.2, 0.25) is 5.02 Å². The summed E-state index contributed by atoms with van der Waals surface area (Å²) in [5.41, 5.74) is 1.17. The number of aromatic nitrogens is 3. The highest BCUT2D eigenvalue weighted by Gasteiger charge is 2.43. The van der Waals surface area contributed by atoms with Crippen LogP contribution in [0.1, 0.15) is 29.6 Å². The number of carbonyl (C=O) groups is 1. The number of H-pyrrole nitrogens is 1. The smallest absolute Gasteiger partial charge is 0.224 e.